The fourth-order valence-electron chi connectivity index (χ4n) is 6.74. The van der Waals surface area contributed by atoms with Crippen LogP contribution in [0, 0.1) is 41.5 Å². The van der Waals surface area contributed by atoms with Crippen LogP contribution in [0.5, 0.6) is 0 Å². The van der Waals surface area contributed by atoms with Gasteiger partial charge in [-0.05, 0) is 125 Å². The van der Waals surface area contributed by atoms with Gasteiger partial charge in [0.05, 0.1) is 0 Å². The Labute approximate surface area is 230 Å². The van der Waals surface area contributed by atoms with E-state index in [1.807, 2.05) is 0 Å². The second-order valence-corrected chi connectivity index (χ2v) is 11.5. The maximum atomic E-state index is 3.72. The molecular formula is C38H33N. The van der Waals surface area contributed by atoms with Crippen molar-refractivity contribution in [2.24, 2.45) is 0 Å². The second kappa shape index (κ2) is 8.58. The van der Waals surface area contributed by atoms with Gasteiger partial charge in [0.25, 0.3) is 0 Å². The molecule has 0 bridgehead atoms. The van der Waals surface area contributed by atoms with E-state index in [2.05, 4.69) is 131 Å². The largest absolute Gasteiger partial charge is 0.354 e. The molecule has 0 saturated carbocycles. The van der Waals surface area contributed by atoms with Gasteiger partial charge < -0.3 is 4.98 Å². The molecule has 0 aliphatic rings. The normalized spacial score (nSPS) is 11.8. The Balaban J connectivity index is 1.60. The van der Waals surface area contributed by atoms with Crippen molar-refractivity contribution in [1.29, 1.82) is 0 Å². The number of aryl methyl sites for hydroxylation is 6. The van der Waals surface area contributed by atoms with Gasteiger partial charge in [-0.1, -0.05) is 78.4 Å². The molecule has 190 valence electrons. The predicted octanol–water partition coefficient (Wildman–Crippen LogP) is 10.8. The first-order valence-corrected chi connectivity index (χ1v) is 13.9. The van der Waals surface area contributed by atoms with Crippen LogP contribution in [0.25, 0.3) is 65.6 Å². The SMILES string of the molecule is Cc1ccc2c(c1)[nH]c1cc(C)cc(-c3c(C)cc(-c4cc(C)c5ccccc5c4C)c4ccc(C)cc34)c12. The summed E-state index contributed by atoms with van der Waals surface area (Å²) in [5, 5.41) is 7.91. The first-order chi connectivity index (χ1) is 18.8. The van der Waals surface area contributed by atoms with E-state index in [-0.39, 0.29) is 0 Å². The summed E-state index contributed by atoms with van der Waals surface area (Å²) in [6.45, 7) is 13.4. The Morgan fingerprint density at radius 1 is 0.436 bits per heavy atom. The van der Waals surface area contributed by atoms with Crippen LogP contribution in [0.15, 0.2) is 84.9 Å². The highest BCUT2D eigenvalue weighted by Crippen LogP contribution is 2.45. The van der Waals surface area contributed by atoms with Crippen LogP contribution >= 0.6 is 0 Å². The lowest BCUT2D eigenvalue weighted by molar-refractivity contribution is 1.42. The van der Waals surface area contributed by atoms with Gasteiger partial charge in [-0.3, -0.25) is 0 Å². The van der Waals surface area contributed by atoms with Crippen LogP contribution in [0.3, 0.4) is 0 Å². The topological polar surface area (TPSA) is 15.8 Å². The van der Waals surface area contributed by atoms with Crippen LogP contribution in [0.4, 0.5) is 0 Å². The molecule has 0 unspecified atom stereocenters. The third-order valence-corrected chi connectivity index (χ3v) is 8.57. The molecule has 1 nitrogen and oxygen atoms in total. The molecule has 0 fully saturated rings. The molecule has 0 radical (unpaired) electrons. The van der Waals surface area contributed by atoms with Gasteiger partial charge in [0.1, 0.15) is 0 Å². The van der Waals surface area contributed by atoms with Crippen LogP contribution in [0.1, 0.15) is 33.4 Å². The Morgan fingerprint density at radius 2 is 1.10 bits per heavy atom. The average molecular weight is 504 g/mol. The van der Waals surface area contributed by atoms with Crippen molar-refractivity contribution in [3.05, 3.63) is 118 Å². The number of aromatic nitrogens is 1. The fraction of sp³-hybridized carbons (Fsp3) is 0.158. The number of fused-ring (bicyclic) bond motifs is 5. The summed E-state index contributed by atoms with van der Waals surface area (Å²) in [5.74, 6) is 0. The van der Waals surface area contributed by atoms with Crippen LogP contribution in [-0.4, -0.2) is 4.98 Å². The number of nitrogens with one attached hydrogen (secondary N) is 1. The predicted molar refractivity (Wildman–Crippen MR) is 170 cm³/mol. The third-order valence-electron chi connectivity index (χ3n) is 8.57. The van der Waals surface area contributed by atoms with E-state index in [1.54, 1.807) is 0 Å². The molecule has 0 aliphatic heterocycles. The molecule has 0 atom stereocenters. The summed E-state index contributed by atoms with van der Waals surface area (Å²) in [5.41, 5.74) is 15.5. The highest BCUT2D eigenvalue weighted by atomic mass is 14.7. The number of hydrogen-bond donors (Lipinski definition) is 1. The Hall–Kier alpha value is -4.36. The smallest absolute Gasteiger partial charge is 0.0473 e. The minimum Gasteiger partial charge on any atom is -0.354 e. The van der Waals surface area contributed by atoms with E-state index in [9.17, 15) is 0 Å². The molecule has 0 saturated heterocycles. The molecule has 0 aliphatic carbocycles. The summed E-state index contributed by atoms with van der Waals surface area (Å²) in [4.78, 5) is 3.72. The lowest BCUT2D eigenvalue weighted by Crippen LogP contribution is -1.95. The Bertz CT molecular complexity index is 2120. The minimum absolute atomic E-state index is 1.20. The summed E-state index contributed by atoms with van der Waals surface area (Å²) >= 11 is 0. The first kappa shape index (κ1) is 23.7. The Kier molecular flexibility index (Phi) is 5.22. The summed E-state index contributed by atoms with van der Waals surface area (Å²) < 4.78 is 0. The van der Waals surface area contributed by atoms with Crippen LogP contribution in [0.2, 0.25) is 0 Å². The van der Waals surface area contributed by atoms with Gasteiger partial charge in [-0.15, -0.1) is 0 Å². The van der Waals surface area contributed by atoms with Gasteiger partial charge in [-0.25, -0.2) is 0 Å². The van der Waals surface area contributed by atoms with Crippen molar-refractivity contribution >= 4 is 43.4 Å². The molecule has 1 N–H and O–H groups in total. The monoisotopic (exact) mass is 503 g/mol. The maximum Gasteiger partial charge on any atom is 0.0473 e. The third kappa shape index (κ3) is 3.61. The van der Waals surface area contributed by atoms with Crippen molar-refractivity contribution < 1.29 is 0 Å². The number of rotatable bonds is 2. The fourth-order valence-corrected chi connectivity index (χ4v) is 6.74. The zero-order chi connectivity index (χ0) is 27.0. The minimum atomic E-state index is 1.20. The lowest BCUT2D eigenvalue weighted by Gasteiger charge is -2.20. The van der Waals surface area contributed by atoms with Crippen molar-refractivity contribution in [3.63, 3.8) is 0 Å². The average Bonchev–Trinajstić information content (AvgIpc) is 3.27. The number of H-pyrrole nitrogens is 1. The molecule has 39 heavy (non-hydrogen) atoms. The zero-order valence-electron chi connectivity index (χ0n) is 23.6. The molecule has 0 spiro atoms. The van der Waals surface area contributed by atoms with E-state index < -0.39 is 0 Å². The zero-order valence-corrected chi connectivity index (χ0v) is 23.6. The standard InChI is InChI=1S/C38H33N/c1-21-11-13-29-32(31-19-24(4)27-9-7-8-10-28(27)26(31)6)20-25(5)37(33(29)15-21)34-16-23(3)18-36-38(34)30-14-12-22(2)17-35(30)39-36/h7-20,39H,1-6H3. The van der Waals surface area contributed by atoms with Gasteiger partial charge >= 0.3 is 0 Å². The number of hydrogen-bond acceptors (Lipinski definition) is 0. The van der Waals surface area contributed by atoms with E-state index in [0.717, 1.165) is 0 Å². The van der Waals surface area contributed by atoms with E-state index in [4.69, 9.17) is 0 Å². The summed E-state index contributed by atoms with van der Waals surface area (Å²) in [7, 11) is 0. The van der Waals surface area contributed by atoms with Crippen LogP contribution in [-0.2, 0) is 0 Å². The quantitative estimate of drug-likeness (QED) is 0.241. The van der Waals surface area contributed by atoms with Crippen molar-refractivity contribution in [2.75, 3.05) is 0 Å². The molecule has 0 amide bonds. The van der Waals surface area contributed by atoms with Crippen molar-refractivity contribution in [3.8, 4) is 22.3 Å². The number of aromatic amines is 1. The van der Waals surface area contributed by atoms with E-state index in [1.165, 1.54) is 99.0 Å². The molecule has 7 rings (SSSR count). The van der Waals surface area contributed by atoms with Gasteiger partial charge in [-0.2, -0.15) is 0 Å². The van der Waals surface area contributed by atoms with Gasteiger partial charge in [0, 0.05) is 21.8 Å². The Morgan fingerprint density at radius 3 is 1.90 bits per heavy atom. The summed E-state index contributed by atoms with van der Waals surface area (Å²) in [6, 6.07) is 32.0. The van der Waals surface area contributed by atoms with E-state index >= 15 is 0 Å². The molecule has 1 heterocycles. The highest BCUT2D eigenvalue weighted by Gasteiger charge is 2.19. The maximum absolute atomic E-state index is 3.72. The van der Waals surface area contributed by atoms with Gasteiger partial charge in [0.15, 0.2) is 0 Å². The van der Waals surface area contributed by atoms with Gasteiger partial charge in [0.2, 0.25) is 0 Å². The molecule has 1 aromatic heterocycles. The molecular weight excluding hydrogens is 470 g/mol. The van der Waals surface area contributed by atoms with Crippen LogP contribution < -0.4 is 0 Å². The molecule has 1 heteroatoms. The number of benzene rings is 6. The highest BCUT2D eigenvalue weighted by molar-refractivity contribution is 6.19. The lowest BCUT2D eigenvalue weighted by atomic mass is 9.84. The van der Waals surface area contributed by atoms with Crippen molar-refractivity contribution in [2.45, 2.75) is 41.5 Å². The summed E-state index contributed by atoms with van der Waals surface area (Å²) in [6.07, 6.45) is 0. The van der Waals surface area contributed by atoms with E-state index in [0.29, 0.717) is 0 Å². The van der Waals surface area contributed by atoms with Crippen molar-refractivity contribution in [1.82, 2.24) is 4.98 Å². The molecule has 6 aromatic carbocycles. The molecule has 7 aromatic rings. The first-order valence-electron chi connectivity index (χ1n) is 13.9. The second-order valence-electron chi connectivity index (χ2n) is 11.5.